The first kappa shape index (κ1) is 14.0. The molecule has 0 aromatic heterocycles. The first-order valence-corrected chi connectivity index (χ1v) is 5.69. The Balaban J connectivity index is 2.62. The molecular weight excluding hydrogens is 235 g/mol. The predicted molar refractivity (Wildman–Crippen MR) is 64.5 cm³/mol. The average Bonchev–Trinajstić information content (AvgIpc) is 2.36. The van der Waals surface area contributed by atoms with Crippen LogP contribution >= 0.6 is 0 Å². The van der Waals surface area contributed by atoms with Gasteiger partial charge in [-0.2, -0.15) is 5.26 Å². The Bertz CT molecular complexity index is 469. The van der Waals surface area contributed by atoms with Crippen LogP contribution in [0, 0.1) is 17.1 Å². The Labute approximate surface area is 105 Å². The van der Waals surface area contributed by atoms with Gasteiger partial charge in [0.1, 0.15) is 23.2 Å². The van der Waals surface area contributed by atoms with E-state index in [9.17, 15) is 9.18 Å². The van der Waals surface area contributed by atoms with Crippen LogP contribution in [-0.2, 0) is 4.79 Å². The lowest BCUT2D eigenvalue weighted by Crippen LogP contribution is -2.35. The number of nitrogens with zero attached hydrogens (tertiary/aromatic N) is 1. The topological polar surface area (TPSA) is 62.1 Å². The minimum Gasteiger partial charge on any atom is -0.482 e. The summed E-state index contributed by atoms with van der Waals surface area (Å²) in [6.45, 7) is 3.59. The Morgan fingerprint density at radius 2 is 2.33 bits per heavy atom. The number of hydrogen-bond acceptors (Lipinski definition) is 3. The fraction of sp³-hybridized carbons (Fsp3) is 0.385. The molecule has 1 amide bonds. The number of amides is 1. The van der Waals surface area contributed by atoms with E-state index >= 15 is 0 Å². The van der Waals surface area contributed by atoms with Crippen LogP contribution in [0.15, 0.2) is 18.2 Å². The van der Waals surface area contributed by atoms with Crippen LogP contribution in [0.4, 0.5) is 4.39 Å². The zero-order chi connectivity index (χ0) is 13.5. The van der Waals surface area contributed by atoms with Gasteiger partial charge in [0, 0.05) is 6.04 Å². The monoisotopic (exact) mass is 250 g/mol. The van der Waals surface area contributed by atoms with Gasteiger partial charge in [-0.1, -0.05) is 13.0 Å². The van der Waals surface area contributed by atoms with Crippen LogP contribution in [0.2, 0.25) is 0 Å². The minimum absolute atomic E-state index is 0.0593. The normalized spacial score (nSPS) is 11.4. The zero-order valence-electron chi connectivity index (χ0n) is 10.4. The van der Waals surface area contributed by atoms with Crippen molar-refractivity contribution in [3.63, 3.8) is 0 Å². The van der Waals surface area contributed by atoms with Crippen LogP contribution in [0.5, 0.6) is 5.75 Å². The lowest BCUT2D eigenvalue weighted by atomic mass is 10.2. The molecule has 1 atom stereocenters. The van der Waals surface area contributed by atoms with E-state index in [1.807, 2.05) is 13.8 Å². The van der Waals surface area contributed by atoms with Gasteiger partial charge in [0.25, 0.3) is 5.91 Å². The molecular formula is C13H15FN2O2. The molecule has 4 nitrogen and oxygen atoms in total. The van der Waals surface area contributed by atoms with Gasteiger partial charge < -0.3 is 10.1 Å². The van der Waals surface area contributed by atoms with E-state index in [0.29, 0.717) is 0 Å². The van der Waals surface area contributed by atoms with Gasteiger partial charge in [-0.15, -0.1) is 0 Å². The third-order valence-corrected chi connectivity index (χ3v) is 2.47. The molecule has 1 aromatic carbocycles. The zero-order valence-corrected chi connectivity index (χ0v) is 10.4. The highest BCUT2D eigenvalue weighted by atomic mass is 19.1. The van der Waals surface area contributed by atoms with Crippen LogP contribution in [0.3, 0.4) is 0 Å². The molecule has 0 aliphatic heterocycles. The Morgan fingerprint density at radius 1 is 1.61 bits per heavy atom. The van der Waals surface area contributed by atoms with Gasteiger partial charge in [-0.3, -0.25) is 4.79 Å². The number of benzene rings is 1. The minimum atomic E-state index is -0.655. The third kappa shape index (κ3) is 3.74. The summed E-state index contributed by atoms with van der Waals surface area (Å²) in [6, 6.07) is 5.82. The summed E-state index contributed by atoms with van der Waals surface area (Å²) in [5.41, 5.74) is -0.186. The molecule has 0 fully saturated rings. The van der Waals surface area contributed by atoms with Crippen molar-refractivity contribution in [3.8, 4) is 11.8 Å². The highest BCUT2D eigenvalue weighted by Gasteiger charge is 2.11. The summed E-state index contributed by atoms with van der Waals surface area (Å²) >= 11 is 0. The van der Waals surface area contributed by atoms with E-state index in [-0.39, 0.29) is 29.9 Å². The molecule has 96 valence electrons. The van der Waals surface area contributed by atoms with Gasteiger partial charge >= 0.3 is 0 Å². The van der Waals surface area contributed by atoms with Crippen molar-refractivity contribution >= 4 is 5.91 Å². The molecule has 1 N–H and O–H groups in total. The number of nitrogens with one attached hydrogen (secondary N) is 1. The summed E-state index contributed by atoms with van der Waals surface area (Å²) in [5.74, 6) is -0.869. The van der Waals surface area contributed by atoms with Crippen LogP contribution in [0.25, 0.3) is 0 Å². The standard InChI is InChI=1S/C13H15FN2O2/c1-3-9(2)16-13(17)8-18-12-6-4-5-11(14)10(12)7-15/h4-6,9H,3,8H2,1-2H3,(H,16,17). The van der Waals surface area contributed by atoms with E-state index in [4.69, 9.17) is 10.00 Å². The molecule has 18 heavy (non-hydrogen) atoms. The molecule has 1 unspecified atom stereocenters. The van der Waals surface area contributed by atoms with Gasteiger partial charge in [-0.05, 0) is 25.5 Å². The molecule has 0 radical (unpaired) electrons. The van der Waals surface area contributed by atoms with E-state index in [1.165, 1.54) is 18.2 Å². The maximum Gasteiger partial charge on any atom is 0.258 e. The highest BCUT2D eigenvalue weighted by molar-refractivity contribution is 5.77. The van der Waals surface area contributed by atoms with Crippen molar-refractivity contribution in [2.75, 3.05) is 6.61 Å². The van der Waals surface area contributed by atoms with Crippen molar-refractivity contribution in [1.82, 2.24) is 5.32 Å². The molecule has 5 heteroatoms. The fourth-order valence-corrected chi connectivity index (χ4v) is 1.29. The SMILES string of the molecule is CCC(C)NC(=O)COc1cccc(F)c1C#N. The van der Waals surface area contributed by atoms with Gasteiger partial charge in [0.2, 0.25) is 0 Å². The van der Waals surface area contributed by atoms with Crippen LogP contribution in [-0.4, -0.2) is 18.6 Å². The molecule has 1 aromatic rings. The number of rotatable bonds is 5. The molecule has 0 heterocycles. The number of nitriles is 1. The van der Waals surface area contributed by atoms with E-state index < -0.39 is 5.82 Å². The largest absolute Gasteiger partial charge is 0.482 e. The van der Waals surface area contributed by atoms with E-state index in [1.54, 1.807) is 6.07 Å². The molecule has 0 bridgehead atoms. The van der Waals surface area contributed by atoms with Crippen molar-refractivity contribution in [2.45, 2.75) is 26.3 Å². The summed E-state index contributed by atoms with van der Waals surface area (Å²) in [5, 5.41) is 11.5. The van der Waals surface area contributed by atoms with Crippen LogP contribution < -0.4 is 10.1 Å². The number of hydrogen-bond donors (Lipinski definition) is 1. The number of ether oxygens (including phenoxy) is 1. The quantitative estimate of drug-likeness (QED) is 0.869. The molecule has 0 saturated heterocycles. The summed E-state index contributed by atoms with van der Waals surface area (Å²) in [6.07, 6.45) is 0.815. The highest BCUT2D eigenvalue weighted by Crippen LogP contribution is 2.20. The summed E-state index contributed by atoms with van der Waals surface area (Å²) in [7, 11) is 0. The maximum absolute atomic E-state index is 13.2. The van der Waals surface area contributed by atoms with Gasteiger partial charge in [-0.25, -0.2) is 4.39 Å². The third-order valence-electron chi connectivity index (χ3n) is 2.47. The van der Waals surface area contributed by atoms with Crippen molar-refractivity contribution < 1.29 is 13.9 Å². The maximum atomic E-state index is 13.2. The van der Waals surface area contributed by atoms with Crippen molar-refractivity contribution in [2.24, 2.45) is 0 Å². The number of halogens is 1. The first-order valence-electron chi connectivity index (χ1n) is 5.69. The molecule has 0 spiro atoms. The number of carbonyl (C=O) groups excluding carboxylic acids is 1. The van der Waals surface area contributed by atoms with Gasteiger partial charge in [0.05, 0.1) is 0 Å². The lowest BCUT2D eigenvalue weighted by Gasteiger charge is -2.12. The Hall–Kier alpha value is -2.09. The smallest absolute Gasteiger partial charge is 0.258 e. The summed E-state index contributed by atoms with van der Waals surface area (Å²) < 4.78 is 18.4. The predicted octanol–water partition coefficient (Wildman–Crippen LogP) is 1.99. The second-order valence-electron chi connectivity index (χ2n) is 3.89. The van der Waals surface area contributed by atoms with Crippen LogP contribution in [0.1, 0.15) is 25.8 Å². The molecule has 1 rings (SSSR count). The van der Waals surface area contributed by atoms with Gasteiger partial charge in [0.15, 0.2) is 6.61 Å². The average molecular weight is 250 g/mol. The molecule has 0 aliphatic rings. The summed E-state index contributed by atoms with van der Waals surface area (Å²) in [4.78, 5) is 11.5. The lowest BCUT2D eigenvalue weighted by molar-refractivity contribution is -0.123. The Morgan fingerprint density at radius 3 is 2.94 bits per heavy atom. The van der Waals surface area contributed by atoms with Crippen molar-refractivity contribution in [3.05, 3.63) is 29.6 Å². The second-order valence-corrected chi connectivity index (χ2v) is 3.89. The number of carbonyl (C=O) groups is 1. The fourth-order valence-electron chi connectivity index (χ4n) is 1.29. The second kappa shape index (κ2) is 6.60. The van der Waals surface area contributed by atoms with E-state index in [0.717, 1.165) is 6.42 Å². The van der Waals surface area contributed by atoms with Crippen molar-refractivity contribution in [1.29, 1.82) is 5.26 Å². The molecule has 0 saturated carbocycles. The van der Waals surface area contributed by atoms with E-state index in [2.05, 4.69) is 5.32 Å². The Kier molecular flexibility index (Phi) is 5.12. The first-order chi connectivity index (χ1) is 8.58. The molecule has 0 aliphatic carbocycles.